The Morgan fingerprint density at radius 1 is 0.641 bits per heavy atom. The first-order chi connectivity index (χ1) is 19.2. The van der Waals surface area contributed by atoms with Crippen LogP contribution in [0.5, 0.6) is 0 Å². The van der Waals surface area contributed by atoms with Gasteiger partial charge in [-0.15, -0.1) is 11.6 Å². The largest absolute Gasteiger partial charge is 0.166 e. The summed E-state index contributed by atoms with van der Waals surface area (Å²) >= 11 is 10.6. The summed E-state index contributed by atoms with van der Waals surface area (Å²) in [6.45, 7) is 6.41. The minimum Gasteiger partial charge on any atom is -0.166 e. The summed E-state index contributed by atoms with van der Waals surface area (Å²) in [5, 5.41) is 5.28. The molecular weight excluding hydrogens is 599 g/mol. The van der Waals surface area contributed by atoms with Gasteiger partial charge < -0.3 is 0 Å². The van der Waals surface area contributed by atoms with Gasteiger partial charge in [-0.05, 0) is 61.5 Å². The fraction of sp³-hybridized carbons (Fsp3) is 0.314. The van der Waals surface area contributed by atoms with E-state index in [0.717, 1.165) is 31.0 Å². The van der Waals surface area contributed by atoms with Crippen molar-refractivity contribution >= 4 is 63.1 Å². The molecule has 0 nitrogen and oxygen atoms in total. The Bertz CT molecular complexity index is 867. The number of rotatable bonds is 11. The highest BCUT2D eigenvalue weighted by atomic mass is 79.9. The standard InChI is InChI=1S/C18H15P.C8H13Cl.C6H11Br.C3H8S/c1-4-10-16(11-5-1)19(17-12-6-2-7-13-17)18-14-8-3-9-15-18;1-2-3-4-5-6-7-8-9;1-2-3-4-5-6-7;1-3-4-2/h1-15H;3-4,6-7H,2,5,8H2,1H3;3-4H,2,5-6H2,1H3;3H2,1-2H3/b;4-3-,7-6-;4-3-;. The van der Waals surface area contributed by atoms with Gasteiger partial charge in [0.25, 0.3) is 0 Å². The molecule has 4 heteroatoms. The number of benzene rings is 3. The number of hydrogen-bond donors (Lipinski definition) is 0. The summed E-state index contributed by atoms with van der Waals surface area (Å²) in [6, 6.07) is 32.3. The lowest BCUT2D eigenvalue weighted by atomic mass is 10.3. The number of thioether (sulfide) groups is 1. The van der Waals surface area contributed by atoms with Gasteiger partial charge in [-0.3, -0.25) is 0 Å². The Hall–Kier alpha value is -1.57. The molecular formula is C35H47BrClPS. The maximum Gasteiger partial charge on any atom is 0.0404 e. The minimum atomic E-state index is -0.446. The molecule has 0 fully saturated rings. The van der Waals surface area contributed by atoms with Crippen LogP contribution in [0.25, 0.3) is 0 Å². The van der Waals surface area contributed by atoms with Gasteiger partial charge >= 0.3 is 0 Å². The zero-order valence-corrected chi connectivity index (χ0v) is 28.2. The maximum atomic E-state index is 5.40. The van der Waals surface area contributed by atoms with E-state index in [0.29, 0.717) is 5.88 Å². The molecule has 0 saturated carbocycles. The van der Waals surface area contributed by atoms with E-state index >= 15 is 0 Å². The highest BCUT2D eigenvalue weighted by Crippen LogP contribution is 2.32. The van der Waals surface area contributed by atoms with Crippen molar-refractivity contribution in [2.24, 2.45) is 0 Å². The second kappa shape index (κ2) is 29.4. The molecule has 0 atom stereocenters. The van der Waals surface area contributed by atoms with Gasteiger partial charge in [-0.1, -0.05) is 164 Å². The SMILES string of the molecule is CC/C=C\C/C=C\CCl.CC/C=C\CCBr.CCSC.c1ccc(P(c2ccccc2)c2ccccc2)cc1. The molecule has 3 aromatic carbocycles. The van der Waals surface area contributed by atoms with Crippen molar-refractivity contribution in [3.63, 3.8) is 0 Å². The van der Waals surface area contributed by atoms with Crippen molar-refractivity contribution in [3.8, 4) is 0 Å². The molecule has 0 aromatic heterocycles. The van der Waals surface area contributed by atoms with Crippen LogP contribution >= 0.6 is 47.2 Å². The van der Waals surface area contributed by atoms with E-state index in [9.17, 15) is 0 Å². The summed E-state index contributed by atoms with van der Waals surface area (Å²) in [7, 11) is -0.446. The zero-order valence-electron chi connectivity index (χ0n) is 24.2. The van der Waals surface area contributed by atoms with E-state index in [4.69, 9.17) is 11.6 Å². The second-order valence-electron chi connectivity index (χ2n) is 8.02. The lowest BCUT2D eigenvalue weighted by molar-refractivity contribution is 1.17. The monoisotopic (exact) mass is 644 g/mol. The van der Waals surface area contributed by atoms with Crippen LogP contribution in [0, 0.1) is 0 Å². The topological polar surface area (TPSA) is 0 Å². The van der Waals surface area contributed by atoms with Crippen LogP contribution in [-0.2, 0) is 0 Å². The van der Waals surface area contributed by atoms with E-state index in [1.165, 1.54) is 21.7 Å². The summed E-state index contributed by atoms with van der Waals surface area (Å²) in [6.07, 6.45) is 19.2. The van der Waals surface area contributed by atoms with Crippen LogP contribution in [0.3, 0.4) is 0 Å². The first-order valence-electron chi connectivity index (χ1n) is 13.7. The predicted molar refractivity (Wildman–Crippen MR) is 191 cm³/mol. The van der Waals surface area contributed by atoms with E-state index in [2.05, 4.69) is 164 Å². The average Bonchev–Trinajstić information content (AvgIpc) is 3.00. The molecule has 0 N–H and O–H groups in total. The van der Waals surface area contributed by atoms with Gasteiger partial charge in [0.2, 0.25) is 0 Å². The molecule has 0 saturated heterocycles. The minimum absolute atomic E-state index is 0.446. The summed E-state index contributed by atoms with van der Waals surface area (Å²) in [5.41, 5.74) is 0. The van der Waals surface area contributed by atoms with Crippen LogP contribution in [-0.4, -0.2) is 23.2 Å². The average molecular weight is 646 g/mol. The van der Waals surface area contributed by atoms with Crippen LogP contribution < -0.4 is 15.9 Å². The molecule has 0 aliphatic rings. The fourth-order valence-corrected chi connectivity index (χ4v) is 5.72. The molecule has 0 bridgehead atoms. The van der Waals surface area contributed by atoms with Crippen molar-refractivity contribution in [3.05, 3.63) is 127 Å². The maximum absolute atomic E-state index is 5.40. The molecule has 0 spiro atoms. The third-order valence-corrected chi connectivity index (χ3v) is 8.60. The van der Waals surface area contributed by atoms with Gasteiger partial charge in [-0.25, -0.2) is 0 Å². The Kier molecular flexibility index (Phi) is 28.2. The lowest BCUT2D eigenvalue weighted by Gasteiger charge is -2.18. The predicted octanol–water partition coefficient (Wildman–Crippen LogP) is 10.7. The number of allylic oxidation sites excluding steroid dienone is 6. The van der Waals surface area contributed by atoms with Crippen molar-refractivity contribution in [2.75, 3.05) is 23.2 Å². The third kappa shape index (κ3) is 20.9. The quantitative estimate of drug-likeness (QED) is 0.114. The molecule has 0 radical (unpaired) electrons. The molecule has 3 rings (SSSR count). The van der Waals surface area contributed by atoms with Gasteiger partial charge in [0.05, 0.1) is 0 Å². The Morgan fingerprint density at radius 2 is 1.03 bits per heavy atom. The molecule has 0 unspecified atom stereocenters. The Labute approximate surface area is 258 Å². The smallest absolute Gasteiger partial charge is 0.0404 e. The van der Waals surface area contributed by atoms with Crippen LogP contribution in [0.1, 0.15) is 46.5 Å². The first-order valence-corrected chi connectivity index (χ1v) is 18.1. The third-order valence-electron chi connectivity index (χ3n) is 4.94. The van der Waals surface area contributed by atoms with Crippen LogP contribution in [0.4, 0.5) is 0 Å². The molecule has 39 heavy (non-hydrogen) atoms. The summed E-state index contributed by atoms with van der Waals surface area (Å²) in [5.74, 6) is 1.86. The highest BCUT2D eigenvalue weighted by Gasteiger charge is 2.14. The zero-order chi connectivity index (χ0) is 28.8. The van der Waals surface area contributed by atoms with Gasteiger partial charge in [-0.2, -0.15) is 11.8 Å². The Balaban J connectivity index is 0.000000604. The van der Waals surface area contributed by atoms with E-state index in [1.54, 1.807) is 0 Å². The Morgan fingerprint density at radius 3 is 1.36 bits per heavy atom. The van der Waals surface area contributed by atoms with Crippen LogP contribution in [0.15, 0.2) is 127 Å². The lowest BCUT2D eigenvalue weighted by Crippen LogP contribution is -2.20. The molecule has 0 aliphatic carbocycles. The van der Waals surface area contributed by atoms with Gasteiger partial charge in [0.15, 0.2) is 0 Å². The molecule has 212 valence electrons. The number of hydrogen-bond acceptors (Lipinski definition) is 1. The van der Waals surface area contributed by atoms with Crippen molar-refractivity contribution in [1.29, 1.82) is 0 Å². The molecule has 0 amide bonds. The van der Waals surface area contributed by atoms with E-state index in [-0.39, 0.29) is 0 Å². The first kappa shape index (κ1) is 37.4. The summed E-state index contributed by atoms with van der Waals surface area (Å²) in [4.78, 5) is 0. The molecule has 0 heterocycles. The number of alkyl halides is 2. The fourth-order valence-electron chi connectivity index (χ4n) is 3.03. The van der Waals surface area contributed by atoms with Crippen molar-refractivity contribution in [1.82, 2.24) is 0 Å². The molecule has 0 aliphatic heterocycles. The van der Waals surface area contributed by atoms with Crippen LogP contribution in [0.2, 0.25) is 0 Å². The highest BCUT2D eigenvalue weighted by molar-refractivity contribution is 9.09. The normalized spacial score (nSPS) is 10.5. The van der Waals surface area contributed by atoms with Gasteiger partial charge in [0, 0.05) is 11.2 Å². The number of halogens is 2. The molecule has 3 aromatic rings. The van der Waals surface area contributed by atoms with Gasteiger partial charge in [0.1, 0.15) is 0 Å². The second-order valence-corrected chi connectivity index (χ2v) is 12.5. The van der Waals surface area contributed by atoms with Crippen molar-refractivity contribution < 1.29 is 0 Å². The van der Waals surface area contributed by atoms with Crippen molar-refractivity contribution in [2.45, 2.75) is 46.5 Å². The summed E-state index contributed by atoms with van der Waals surface area (Å²) < 4.78 is 0. The van der Waals surface area contributed by atoms with E-state index < -0.39 is 7.92 Å². The van der Waals surface area contributed by atoms with E-state index in [1.807, 2.05) is 17.8 Å².